The lowest BCUT2D eigenvalue weighted by Gasteiger charge is -2.20. The van der Waals surface area contributed by atoms with Crippen molar-refractivity contribution in [3.05, 3.63) is 48.0 Å². The summed E-state index contributed by atoms with van der Waals surface area (Å²) in [4.78, 5) is 25.2. The van der Waals surface area contributed by atoms with Gasteiger partial charge in [0.1, 0.15) is 5.75 Å². The Morgan fingerprint density at radius 1 is 0.935 bits per heavy atom. The molecule has 0 bridgehead atoms. The lowest BCUT2D eigenvalue weighted by atomic mass is 10.1. The van der Waals surface area contributed by atoms with Crippen LogP contribution in [0.25, 0.3) is 0 Å². The predicted molar refractivity (Wildman–Crippen MR) is 113 cm³/mol. The highest BCUT2D eigenvalue weighted by Crippen LogP contribution is 2.34. The Morgan fingerprint density at radius 3 is 2.00 bits per heavy atom. The second kappa shape index (κ2) is 8.40. The van der Waals surface area contributed by atoms with Crippen molar-refractivity contribution in [1.82, 2.24) is 4.72 Å². The number of nitrogens with zero attached hydrogens (tertiary/aromatic N) is 1. The number of benzene rings is 2. The molecular formula is C20H22N2O7S2. The van der Waals surface area contributed by atoms with Gasteiger partial charge >= 0.3 is 0 Å². The van der Waals surface area contributed by atoms with Gasteiger partial charge in [-0.2, -0.15) is 0 Å². The number of nitrogens with one attached hydrogen (secondary N) is 1. The summed E-state index contributed by atoms with van der Waals surface area (Å²) in [6.07, 6.45) is 1.20. The third kappa shape index (κ3) is 4.78. The number of methoxy groups -OCH3 is 1. The molecule has 1 aliphatic rings. The lowest BCUT2D eigenvalue weighted by molar-refractivity contribution is -0.121. The van der Waals surface area contributed by atoms with E-state index in [1.165, 1.54) is 49.6 Å². The van der Waals surface area contributed by atoms with Crippen LogP contribution in [0.3, 0.4) is 0 Å². The van der Waals surface area contributed by atoms with Crippen molar-refractivity contribution in [3.8, 4) is 5.75 Å². The van der Waals surface area contributed by atoms with Gasteiger partial charge in [0, 0.05) is 25.1 Å². The summed E-state index contributed by atoms with van der Waals surface area (Å²) in [5.41, 5.74) is 0.637. The summed E-state index contributed by atoms with van der Waals surface area (Å²) in [5.74, 6) is -0.651. The molecule has 0 radical (unpaired) electrons. The molecule has 0 aromatic heterocycles. The number of hydrogen-bond acceptors (Lipinski definition) is 7. The van der Waals surface area contributed by atoms with E-state index < -0.39 is 37.7 Å². The van der Waals surface area contributed by atoms with E-state index in [0.717, 1.165) is 11.2 Å². The van der Waals surface area contributed by atoms with E-state index in [1.807, 2.05) is 0 Å². The van der Waals surface area contributed by atoms with Gasteiger partial charge in [-0.1, -0.05) is 12.1 Å². The standard InChI is InChI=1S/C20H22N2O7S2/c1-13(14-4-6-15(7-5-14)30(3,25)26)21-31(27,28)16-8-9-18(29-2)17(12-16)22-19(23)10-11-20(22)24/h4-9,12-13,21H,10-11H2,1-3H3. The van der Waals surface area contributed by atoms with E-state index in [1.54, 1.807) is 6.92 Å². The summed E-state index contributed by atoms with van der Waals surface area (Å²) in [6, 6.07) is 9.14. The molecule has 1 aliphatic heterocycles. The van der Waals surface area contributed by atoms with Crippen LogP contribution in [0.5, 0.6) is 5.75 Å². The average Bonchev–Trinajstić information content (AvgIpc) is 3.04. The molecule has 0 saturated carbocycles. The SMILES string of the molecule is COc1ccc(S(=O)(=O)NC(C)c2ccc(S(C)(=O)=O)cc2)cc1N1C(=O)CCC1=O. The molecule has 1 saturated heterocycles. The Labute approximate surface area is 181 Å². The Morgan fingerprint density at radius 2 is 1.48 bits per heavy atom. The van der Waals surface area contributed by atoms with E-state index in [2.05, 4.69) is 4.72 Å². The predicted octanol–water partition coefficient (Wildman–Crippen LogP) is 1.79. The van der Waals surface area contributed by atoms with E-state index in [-0.39, 0.29) is 34.1 Å². The van der Waals surface area contributed by atoms with Crippen molar-refractivity contribution >= 4 is 37.4 Å². The largest absolute Gasteiger partial charge is 0.495 e. The van der Waals surface area contributed by atoms with Gasteiger partial charge in [0.15, 0.2) is 9.84 Å². The van der Waals surface area contributed by atoms with E-state index in [0.29, 0.717) is 5.56 Å². The molecule has 1 atom stereocenters. The summed E-state index contributed by atoms with van der Waals surface area (Å²) in [7, 11) is -6.03. The maximum absolute atomic E-state index is 12.9. The topological polar surface area (TPSA) is 127 Å². The number of sulfone groups is 1. The summed E-state index contributed by atoms with van der Waals surface area (Å²) in [6.45, 7) is 1.62. The van der Waals surface area contributed by atoms with Crippen LogP contribution in [0.2, 0.25) is 0 Å². The molecule has 2 amide bonds. The molecule has 2 aromatic rings. The first kappa shape index (κ1) is 22.9. The molecule has 1 N–H and O–H groups in total. The van der Waals surface area contributed by atoms with Crippen molar-refractivity contribution in [2.45, 2.75) is 35.6 Å². The van der Waals surface area contributed by atoms with Crippen LogP contribution in [0.1, 0.15) is 31.4 Å². The van der Waals surface area contributed by atoms with Crippen LogP contribution in [-0.4, -0.2) is 42.0 Å². The molecule has 31 heavy (non-hydrogen) atoms. The van der Waals surface area contributed by atoms with Gasteiger partial charge in [-0.3, -0.25) is 9.59 Å². The minimum Gasteiger partial charge on any atom is -0.495 e. The molecule has 0 aliphatic carbocycles. The van der Waals surface area contributed by atoms with Gasteiger partial charge in [-0.25, -0.2) is 26.5 Å². The first-order valence-electron chi connectivity index (χ1n) is 9.30. The molecule has 0 spiro atoms. The number of imide groups is 1. The van der Waals surface area contributed by atoms with Crippen molar-refractivity contribution in [2.75, 3.05) is 18.3 Å². The Balaban J connectivity index is 1.90. The second-order valence-electron chi connectivity index (χ2n) is 7.14. The van der Waals surface area contributed by atoms with Crippen molar-refractivity contribution < 1.29 is 31.2 Å². The highest BCUT2D eigenvalue weighted by molar-refractivity contribution is 7.90. The van der Waals surface area contributed by atoms with Gasteiger partial charge in [-0.15, -0.1) is 0 Å². The number of sulfonamides is 1. The molecule has 166 valence electrons. The number of carbonyl (C=O) groups is 2. The van der Waals surface area contributed by atoms with E-state index >= 15 is 0 Å². The van der Waals surface area contributed by atoms with Crippen LogP contribution in [0.4, 0.5) is 5.69 Å². The zero-order chi connectivity index (χ0) is 23.0. The maximum atomic E-state index is 12.9. The normalized spacial score (nSPS) is 15.9. The third-order valence-electron chi connectivity index (χ3n) is 4.89. The minimum atomic E-state index is -4.03. The first-order valence-corrected chi connectivity index (χ1v) is 12.7. The highest BCUT2D eigenvalue weighted by Gasteiger charge is 2.33. The van der Waals surface area contributed by atoms with Gasteiger partial charge in [0.2, 0.25) is 21.8 Å². The van der Waals surface area contributed by atoms with E-state index in [9.17, 15) is 26.4 Å². The summed E-state index contributed by atoms with van der Waals surface area (Å²) >= 11 is 0. The van der Waals surface area contributed by atoms with Crippen LogP contribution >= 0.6 is 0 Å². The maximum Gasteiger partial charge on any atom is 0.241 e. The van der Waals surface area contributed by atoms with E-state index in [4.69, 9.17) is 4.74 Å². The average molecular weight is 467 g/mol. The van der Waals surface area contributed by atoms with Gasteiger partial charge in [0.25, 0.3) is 0 Å². The highest BCUT2D eigenvalue weighted by atomic mass is 32.2. The fraction of sp³-hybridized carbons (Fsp3) is 0.300. The number of ether oxygens (including phenoxy) is 1. The number of carbonyl (C=O) groups excluding carboxylic acids is 2. The quantitative estimate of drug-likeness (QED) is 0.616. The Hall–Kier alpha value is -2.76. The zero-order valence-corrected chi connectivity index (χ0v) is 18.8. The minimum absolute atomic E-state index is 0.0533. The molecule has 1 fully saturated rings. The molecular weight excluding hydrogens is 444 g/mol. The zero-order valence-electron chi connectivity index (χ0n) is 17.2. The molecule has 1 unspecified atom stereocenters. The van der Waals surface area contributed by atoms with Crippen LogP contribution in [-0.2, 0) is 29.4 Å². The van der Waals surface area contributed by atoms with Crippen LogP contribution in [0.15, 0.2) is 52.3 Å². The van der Waals surface area contributed by atoms with Gasteiger partial charge < -0.3 is 4.74 Å². The van der Waals surface area contributed by atoms with Crippen molar-refractivity contribution in [2.24, 2.45) is 0 Å². The smallest absolute Gasteiger partial charge is 0.241 e. The molecule has 11 heteroatoms. The number of hydrogen-bond donors (Lipinski definition) is 1. The molecule has 3 rings (SSSR count). The number of amides is 2. The summed E-state index contributed by atoms with van der Waals surface area (Å²) < 4.78 is 56.8. The Bertz CT molecular complexity index is 1220. The number of anilines is 1. The van der Waals surface area contributed by atoms with Crippen LogP contribution in [0, 0.1) is 0 Å². The van der Waals surface area contributed by atoms with Crippen LogP contribution < -0.4 is 14.4 Å². The second-order valence-corrected chi connectivity index (χ2v) is 10.9. The lowest BCUT2D eigenvalue weighted by Crippen LogP contribution is -2.30. The van der Waals surface area contributed by atoms with Gasteiger partial charge in [0.05, 0.1) is 22.6 Å². The molecule has 2 aromatic carbocycles. The van der Waals surface area contributed by atoms with Crippen molar-refractivity contribution in [3.63, 3.8) is 0 Å². The molecule has 9 nitrogen and oxygen atoms in total. The van der Waals surface area contributed by atoms with Crippen molar-refractivity contribution in [1.29, 1.82) is 0 Å². The monoisotopic (exact) mass is 466 g/mol. The number of rotatable bonds is 7. The Kier molecular flexibility index (Phi) is 6.21. The molecule has 1 heterocycles. The summed E-state index contributed by atoms with van der Waals surface area (Å²) in [5, 5.41) is 0. The third-order valence-corrected chi connectivity index (χ3v) is 7.56. The fourth-order valence-electron chi connectivity index (χ4n) is 3.23. The first-order chi connectivity index (χ1) is 14.4. The van der Waals surface area contributed by atoms with Gasteiger partial charge in [-0.05, 0) is 42.8 Å². The fourth-order valence-corrected chi connectivity index (χ4v) is 5.11.